The van der Waals surface area contributed by atoms with Crippen molar-refractivity contribution >= 4 is 0 Å². The molecule has 1 aliphatic rings. The zero-order valence-corrected chi connectivity index (χ0v) is 11.0. The van der Waals surface area contributed by atoms with Crippen molar-refractivity contribution < 1.29 is 5.11 Å². The lowest BCUT2D eigenvalue weighted by molar-refractivity contribution is -0.0558. The molecule has 0 radical (unpaired) electrons. The van der Waals surface area contributed by atoms with E-state index < -0.39 is 5.60 Å². The molecule has 1 saturated carbocycles. The highest BCUT2D eigenvalue weighted by atomic mass is 16.3. The molecular weight excluding hydrogens is 212 g/mol. The van der Waals surface area contributed by atoms with Crippen molar-refractivity contribution in [3.05, 3.63) is 18.0 Å². The fraction of sp³-hybridized carbons (Fsp3) is 0.786. The zero-order valence-electron chi connectivity index (χ0n) is 11.0. The molecule has 1 aromatic rings. The minimum Gasteiger partial charge on any atom is -0.385 e. The highest BCUT2D eigenvalue weighted by Crippen LogP contribution is 2.43. The Kier molecular flexibility index (Phi) is 3.87. The van der Waals surface area contributed by atoms with Crippen LogP contribution in [0.15, 0.2) is 12.4 Å². The van der Waals surface area contributed by atoms with Gasteiger partial charge in [0.05, 0.1) is 11.8 Å². The van der Waals surface area contributed by atoms with E-state index >= 15 is 0 Å². The number of hydrogen-bond donors (Lipinski definition) is 1. The largest absolute Gasteiger partial charge is 0.385 e. The van der Waals surface area contributed by atoms with Gasteiger partial charge >= 0.3 is 0 Å². The quantitative estimate of drug-likeness (QED) is 0.872. The molecule has 3 nitrogen and oxygen atoms in total. The first kappa shape index (κ1) is 12.6. The van der Waals surface area contributed by atoms with Gasteiger partial charge in [-0.05, 0) is 25.2 Å². The number of aryl methyl sites for hydroxylation is 1. The molecule has 0 aliphatic heterocycles. The van der Waals surface area contributed by atoms with Crippen molar-refractivity contribution in [2.45, 2.75) is 64.5 Å². The lowest BCUT2D eigenvalue weighted by Crippen LogP contribution is -2.37. The Morgan fingerprint density at radius 1 is 1.47 bits per heavy atom. The van der Waals surface area contributed by atoms with Crippen molar-refractivity contribution in [1.82, 2.24) is 9.78 Å². The molecule has 0 bridgehead atoms. The number of rotatable bonds is 4. The average molecular weight is 236 g/mol. The molecule has 3 heteroatoms. The fourth-order valence-corrected chi connectivity index (χ4v) is 3.09. The second-order valence-electron chi connectivity index (χ2n) is 5.27. The summed E-state index contributed by atoms with van der Waals surface area (Å²) in [6.45, 7) is 5.26. The van der Waals surface area contributed by atoms with E-state index in [0.717, 1.165) is 44.2 Å². The van der Waals surface area contributed by atoms with Crippen molar-refractivity contribution in [3.63, 3.8) is 0 Å². The van der Waals surface area contributed by atoms with Crippen LogP contribution >= 0.6 is 0 Å². The van der Waals surface area contributed by atoms with E-state index in [-0.39, 0.29) is 0 Å². The topological polar surface area (TPSA) is 38.0 Å². The van der Waals surface area contributed by atoms with Gasteiger partial charge in [-0.2, -0.15) is 5.10 Å². The van der Waals surface area contributed by atoms with Crippen LogP contribution in [0.3, 0.4) is 0 Å². The summed E-state index contributed by atoms with van der Waals surface area (Å²) in [5.41, 5.74) is 0.399. The molecule has 1 N–H and O–H groups in total. The van der Waals surface area contributed by atoms with Crippen LogP contribution in [0, 0.1) is 5.92 Å². The molecular formula is C14H24N2O. The first-order chi connectivity index (χ1) is 8.20. The molecule has 96 valence electrons. The highest BCUT2D eigenvalue weighted by molar-refractivity contribution is 5.17. The minimum absolute atomic E-state index is 0.399. The number of hydrogen-bond acceptors (Lipinski definition) is 2. The van der Waals surface area contributed by atoms with Crippen molar-refractivity contribution in [2.24, 2.45) is 5.92 Å². The third-order valence-electron chi connectivity index (χ3n) is 4.11. The van der Waals surface area contributed by atoms with Gasteiger partial charge < -0.3 is 5.11 Å². The average Bonchev–Trinajstić information content (AvgIpc) is 2.79. The summed E-state index contributed by atoms with van der Waals surface area (Å²) in [4.78, 5) is 0. The molecule has 0 saturated heterocycles. The van der Waals surface area contributed by atoms with Crippen LogP contribution < -0.4 is 0 Å². The van der Waals surface area contributed by atoms with Crippen LogP contribution in [-0.2, 0) is 12.1 Å². The van der Waals surface area contributed by atoms with Gasteiger partial charge in [0.25, 0.3) is 0 Å². The van der Waals surface area contributed by atoms with Gasteiger partial charge in [0.2, 0.25) is 0 Å². The van der Waals surface area contributed by atoms with E-state index in [9.17, 15) is 5.11 Å². The van der Waals surface area contributed by atoms with Gasteiger partial charge in [-0.15, -0.1) is 0 Å². The molecule has 0 amide bonds. The Labute approximate surface area is 104 Å². The predicted octanol–water partition coefficient (Wildman–Crippen LogP) is 3.08. The Morgan fingerprint density at radius 3 is 3.00 bits per heavy atom. The lowest BCUT2D eigenvalue weighted by Gasteiger charge is -2.39. The maximum absolute atomic E-state index is 10.9. The Bertz CT molecular complexity index is 361. The first-order valence-corrected chi connectivity index (χ1v) is 6.96. The third kappa shape index (κ3) is 2.39. The standard InChI is InChI=1S/C14H24N2O/c1-3-9-16-11-13(10-15-16)14(17)8-6-5-7-12(14)4-2/h10-12,17H,3-9H2,1-2H3. The van der Waals surface area contributed by atoms with Crippen LogP contribution in [0.4, 0.5) is 0 Å². The van der Waals surface area contributed by atoms with E-state index in [1.807, 2.05) is 17.1 Å². The predicted molar refractivity (Wildman–Crippen MR) is 68.7 cm³/mol. The maximum atomic E-state index is 10.9. The molecule has 2 atom stereocenters. The summed E-state index contributed by atoms with van der Waals surface area (Å²) in [6, 6.07) is 0. The van der Waals surface area contributed by atoms with Crippen molar-refractivity contribution in [3.8, 4) is 0 Å². The van der Waals surface area contributed by atoms with Gasteiger partial charge in [0, 0.05) is 18.3 Å². The van der Waals surface area contributed by atoms with Crippen LogP contribution in [0.2, 0.25) is 0 Å². The summed E-state index contributed by atoms with van der Waals surface area (Å²) in [5.74, 6) is 0.399. The summed E-state index contributed by atoms with van der Waals surface area (Å²) in [5, 5.41) is 15.3. The normalized spacial score (nSPS) is 29.5. The molecule has 2 rings (SSSR count). The molecule has 1 aromatic heterocycles. The van der Waals surface area contributed by atoms with Crippen LogP contribution in [0.5, 0.6) is 0 Å². The molecule has 0 spiro atoms. The maximum Gasteiger partial charge on any atom is 0.0954 e. The van der Waals surface area contributed by atoms with Crippen LogP contribution in [0.1, 0.15) is 57.9 Å². The first-order valence-electron chi connectivity index (χ1n) is 6.96. The van der Waals surface area contributed by atoms with Gasteiger partial charge in [0.15, 0.2) is 0 Å². The molecule has 1 heterocycles. The SMILES string of the molecule is CCCn1cc(C2(O)CCCCC2CC)cn1. The van der Waals surface area contributed by atoms with Gasteiger partial charge in [0.1, 0.15) is 0 Å². The third-order valence-corrected chi connectivity index (χ3v) is 4.11. The van der Waals surface area contributed by atoms with Crippen LogP contribution in [-0.4, -0.2) is 14.9 Å². The Balaban J connectivity index is 2.21. The number of nitrogens with zero attached hydrogens (tertiary/aromatic N) is 2. The molecule has 2 unspecified atom stereocenters. The lowest BCUT2D eigenvalue weighted by atomic mass is 9.71. The zero-order chi connectivity index (χ0) is 12.3. The highest BCUT2D eigenvalue weighted by Gasteiger charge is 2.40. The van der Waals surface area contributed by atoms with E-state index in [1.165, 1.54) is 6.42 Å². The van der Waals surface area contributed by atoms with E-state index in [0.29, 0.717) is 5.92 Å². The van der Waals surface area contributed by atoms with Crippen molar-refractivity contribution in [2.75, 3.05) is 0 Å². The molecule has 17 heavy (non-hydrogen) atoms. The van der Waals surface area contributed by atoms with Crippen LogP contribution in [0.25, 0.3) is 0 Å². The number of aliphatic hydroxyl groups is 1. The fourth-order valence-electron chi connectivity index (χ4n) is 3.09. The van der Waals surface area contributed by atoms with Gasteiger partial charge in [-0.1, -0.05) is 33.1 Å². The van der Waals surface area contributed by atoms with Gasteiger partial charge in [-0.3, -0.25) is 4.68 Å². The summed E-state index contributed by atoms with van der Waals surface area (Å²) >= 11 is 0. The Morgan fingerprint density at radius 2 is 2.29 bits per heavy atom. The van der Waals surface area contributed by atoms with Crippen molar-refractivity contribution in [1.29, 1.82) is 0 Å². The summed E-state index contributed by atoms with van der Waals surface area (Å²) in [6.07, 6.45) is 10.5. The second-order valence-corrected chi connectivity index (χ2v) is 5.27. The summed E-state index contributed by atoms with van der Waals surface area (Å²) in [7, 11) is 0. The smallest absolute Gasteiger partial charge is 0.0954 e. The Hall–Kier alpha value is -0.830. The van der Waals surface area contributed by atoms with Gasteiger partial charge in [-0.25, -0.2) is 0 Å². The van der Waals surface area contributed by atoms with E-state index in [1.54, 1.807) is 0 Å². The molecule has 1 aliphatic carbocycles. The molecule has 1 fully saturated rings. The second kappa shape index (κ2) is 5.21. The van der Waals surface area contributed by atoms with E-state index in [4.69, 9.17) is 0 Å². The molecule has 0 aromatic carbocycles. The monoisotopic (exact) mass is 236 g/mol. The summed E-state index contributed by atoms with van der Waals surface area (Å²) < 4.78 is 1.95. The van der Waals surface area contributed by atoms with E-state index in [2.05, 4.69) is 18.9 Å². The minimum atomic E-state index is -0.626. The number of aromatic nitrogens is 2.